The molecule has 6 heteroatoms. The molecule has 6 nitrogen and oxygen atoms in total. The van der Waals surface area contributed by atoms with Crippen LogP contribution in [0.1, 0.15) is 27.7 Å². The Morgan fingerprint density at radius 1 is 1.35 bits per heavy atom. The molecular weight excluding hydrogens is 224 g/mol. The van der Waals surface area contributed by atoms with E-state index >= 15 is 0 Å². The molecule has 0 radical (unpaired) electrons. The summed E-state index contributed by atoms with van der Waals surface area (Å²) in [5, 5.41) is 11.8. The molecule has 0 fully saturated rings. The van der Waals surface area contributed by atoms with Crippen molar-refractivity contribution >= 4 is 11.9 Å². The summed E-state index contributed by atoms with van der Waals surface area (Å²) in [5.41, 5.74) is 5.64. The summed E-state index contributed by atoms with van der Waals surface area (Å²) < 4.78 is 4.75. The van der Waals surface area contributed by atoms with Gasteiger partial charge in [0.15, 0.2) is 6.04 Å². The van der Waals surface area contributed by atoms with Gasteiger partial charge in [-0.05, 0) is 19.8 Å². The van der Waals surface area contributed by atoms with Crippen molar-refractivity contribution in [3.05, 3.63) is 0 Å². The number of amides is 1. The van der Waals surface area contributed by atoms with Crippen LogP contribution in [0.2, 0.25) is 0 Å². The molecule has 17 heavy (non-hydrogen) atoms. The predicted octanol–water partition coefficient (Wildman–Crippen LogP) is -0.602. The van der Waals surface area contributed by atoms with Crippen LogP contribution in [0.4, 0.5) is 0 Å². The highest BCUT2D eigenvalue weighted by molar-refractivity contribution is 5.87. The number of hydrogen-bond acceptors (Lipinski definition) is 5. The fraction of sp³-hybridized carbons (Fsp3) is 0.818. The van der Waals surface area contributed by atoms with Crippen molar-refractivity contribution in [2.45, 2.75) is 45.9 Å². The van der Waals surface area contributed by atoms with E-state index in [2.05, 4.69) is 5.32 Å². The zero-order valence-electron chi connectivity index (χ0n) is 10.8. The lowest BCUT2D eigenvalue weighted by Gasteiger charge is -2.22. The summed E-state index contributed by atoms with van der Waals surface area (Å²) in [7, 11) is 0. The molecule has 0 aliphatic carbocycles. The van der Waals surface area contributed by atoms with Crippen LogP contribution in [0.5, 0.6) is 0 Å². The lowest BCUT2D eigenvalue weighted by molar-refractivity contribution is -0.150. The lowest BCUT2D eigenvalue weighted by Crippen LogP contribution is -2.54. The van der Waals surface area contributed by atoms with Gasteiger partial charge in [-0.2, -0.15) is 0 Å². The van der Waals surface area contributed by atoms with Crippen LogP contribution >= 0.6 is 0 Å². The monoisotopic (exact) mass is 246 g/mol. The number of ether oxygens (including phenoxy) is 1. The summed E-state index contributed by atoms with van der Waals surface area (Å²) >= 11 is 0. The molecule has 0 aromatic heterocycles. The van der Waals surface area contributed by atoms with Crippen LogP contribution in [0, 0.1) is 5.92 Å². The third-order valence-electron chi connectivity index (χ3n) is 2.34. The Morgan fingerprint density at radius 3 is 2.24 bits per heavy atom. The van der Waals surface area contributed by atoms with Crippen molar-refractivity contribution in [2.75, 3.05) is 6.61 Å². The Labute approximate surface area is 102 Å². The molecule has 100 valence electrons. The van der Waals surface area contributed by atoms with Crippen molar-refractivity contribution in [3.8, 4) is 0 Å². The molecule has 0 saturated heterocycles. The Morgan fingerprint density at radius 2 is 1.88 bits per heavy atom. The average molecular weight is 246 g/mol. The molecule has 0 heterocycles. The van der Waals surface area contributed by atoms with E-state index in [0.29, 0.717) is 0 Å². The van der Waals surface area contributed by atoms with Crippen molar-refractivity contribution in [1.29, 1.82) is 0 Å². The molecule has 0 rings (SSSR count). The highest BCUT2D eigenvalue weighted by Crippen LogP contribution is 2.02. The molecule has 0 aromatic rings. The van der Waals surface area contributed by atoms with Gasteiger partial charge >= 0.3 is 5.97 Å². The van der Waals surface area contributed by atoms with Gasteiger partial charge in [0.1, 0.15) is 0 Å². The molecule has 0 aliphatic heterocycles. The number of nitrogens with two attached hydrogens (primary N) is 1. The van der Waals surface area contributed by atoms with Gasteiger partial charge in [-0.1, -0.05) is 13.8 Å². The van der Waals surface area contributed by atoms with Gasteiger partial charge in [0, 0.05) is 0 Å². The quantitative estimate of drug-likeness (QED) is 0.543. The molecule has 0 aliphatic rings. The van der Waals surface area contributed by atoms with Gasteiger partial charge in [0.2, 0.25) is 5.91 Å². The average Bonchev–Trinajstić information content (AvgIpc) is 2.23. The van der Waals surface area contributed by atoms with E-state index in [1.54, 1.807) is 20.8 Å². The van der Waals surface area contributed by atoms with E-state index in [1.807, 2.05) is 0 Å². The van der Waals surface area contributed by atoms with E-state index in [4.69, 9.17) is 10.5 Å². The first-order chi connectivity index (χ1) is 7.81. The second kappa shape index (κ2) is 7.24. The van der Waals surface area contributed by atoms with Crippen molar-refractivity contribution in [1.82, 2.24) is 5.32 Å². The Bertz CT molecular complexity index is 266. The zero-order valence-corrected chi connectivity index (χ0v) is 10.8. The van der Waals surface area contributed by atoms with Crippen molar-refractivity contribution < 1.29 is 19.4 Å². The van der Waals surface area contributed by atoms with Gasteiger partial charge in [0.05, 0.1) is 18.8 Å². The van der Waals surface area contributed by atoms with Gasteiger partial charge in [-0.25, -0.2) is 4.79 Å². The van der Waals surface area contributed by atoms with Crippen LogP contribution in [0.25, 0.3) is 0 Å². The van der Waals surface area contributed by atoms with Crippen LogP contribution in [-0.2, 0) is 14.3 Å². The van der Waals surface area contributed by atoms with E-state index in [-0.39, 0.29) is 12.5 Å². The van der Waals surface area contributed by atoms with E-state index in [1.165, 1.54) is 6.92 Å². The highest BCUT2D eigenvalue weighted by Gasteiger charge is 2.29. The number of carbonyl (C=O) groups excluding carboxylic acids is 2. The van der Waals surface area contributed by atoms with Gasteiger partial charge in [0.25, 0.3) is 0 Å². The molecule has 0 bridgehead atoms. The minimum atomic E-state index is -1.08. The summed E-state index contributed by atoms with van der Waals surface area (Å²) in [4.78, 5) is 23.1. The molecule has 1 unspecified atom stereocenters. The molecule has 4 N–H and O–H groups in total. The lowest BCUT2D eigenvalue weighted by atomic mass is 10.0. The molecule has 0 spiro atoms. The number of esters is 1. The number of rotatable bonds is 6. The Kier molecular flexibility index (Phi) is 6.75. The van der Waals surface area contributed by atoms with Gasteiger partial charge < -0.3 is 20.9 Å². The predicted molar refractivity (Wildman–Crippen MR) is 63.1 cm³/mol. The maximum atomic E-state index is 11.7. The number of aliphatic hydroxyl groups is 1. The Hall–Kier alpha value is -1.14. The maximum Gasteiger partial charge on any atom is 0.331 e. The van der Waals surface area contributed by atoms with E-state index in [0.717, 1.165) is 0 Å². The summed E-state index contributed by atoms with van der Waals surface area (Å²) in [6, 6.07) is -1.79. The first-order valence-corrected chi connectivity index (χ1v) is 5.71. The van der Waals surface area contributed by atoms with Gasteiger partial charge in [-0.15, -0.1) is 0 Å². The normalized spacial score (nSPS) is 16.2. The molecule has 3 atom stereocenters. The van der Waals surface area contributed by atoms with Crippen LogP contribution in [0.3, 0.4) is 0 Å². The van der Waals surface area contributed by atoms with Crippen LogP contribution < -0.4 is 11.1 Å². The third-order valence-corrected chi connectivity index (χ3v) is 2.34. The summed E-state index contributed by atoms with van der Waals surface area (Å²) in [6.07, 6.45) is -1.03. The number of hydrogen-bond donors (Lipinski definition) is 3. The first kappa shape index (κ1) is 15.9. The summed E-state index contributed by atoms with van der Waals surface area (Å²) in [5.74, 6) is -1.18. The number of aliphatic hydroxyl groups excluding tert-OH is 1. The van der Waals surface area contributed by atoms with E-state index in [9.17, 15) is 14.7 Å². The Balaban J connectivity index is 4.55. The molecule has 1 amide bonds. The van der Waals surface area contributed by atoms with Crippen molar-refractivity contribution in [3.63, 3.8) is 0 Å². The number of carbonyl (C=O) groups is 2. The van der Waals surface area contributed by atoms with Gasteiger partial charge in [-0.3, -0.25) is 4.79 Å². The molecular formula is C11H22N2O4. The second-order valence-electron chi connectivity index (χ2n) is 4.25. The van der Waals surface area contributed by atoms with E-state index < -0.39 is 30.1 Å². The minimum absolute atomic E-state index is 0.0492. The second-order valence-corrected chi connectivity index (χ2v) is 4.25. The van der Waals surface area contributed by atoms with Crippen LogP contribution in [0.15, 0.2) is 0 Å². The summed E-state index contributed by atoms with van der Waals surface area (Å²) in [6.45, 7) is 6.84. The largest absolute Gasteiger partial charge is 0.464 e. The fourth-order valence-corrected chi connectivity index (χ4v) is 1.16. The highest BCUT2D eigenvalue weighted by atomic mass is 16.5. The number of nitrogens with one attached hydrogen (secondary N) is 1. The zero-order chi connectivity index (χ0) is 13.6. The minimum Gasteiger partial charge on any atom is -0.464 e. The van der Waals surface area contributed by atoms with Crippen LogP contribution in [-0.4, -0.2) is 41.8 Å². The molecule has 0 saturated carbocycles. The fourth-order valence-electron chi connectivity index (χ4n) is 1.16. The molecule has 0 aromatic carbocycles. The SMILES string of the molecule is CCOC(=O)[C@@H](NC(=O)[C@@H](N)C(C)C)C(C)O. The standard InChI is InChI=1S/C11H22N2O4/c1-5-17-11(16)9(7(4)14)13-10(15)8(12)6(2)3/h6-9,14H,5,12H2,1-4H3,(H,13,15)/t7?,8-,9-/m0/s1. The topological polar surface area (TPSA) is 102 Å². The van der Waals surface area contributed by atoms with Crippen molar-refractivity contribution in [2.24, 2.45) is 11.7 Å². The maximum absolute atomic E-state index is 11.7. The smallest absolute Gasteiger partial charge is 0.331 e. The third kappa shape index (κ3) is 5.14. The first-order valence-electron chi connectivity index (χ1n) is 5.71.